The molecule has 5 rings (SSSR count). The summed E-state index contributed by atoms with van der Waals surface area (Å²) >= 11 is 0. The van der Waals surface area contributed by atoms with E-state index in [1.807, 2.05) is 5.21 Å². The van der Waals surface area contributed by atoms with Gasteiger partial charge in [-0.05, 0) is 12.1 Å². The predicted molar refractivity (Wildman–Crippen MR) is 125 cm³/mol. The van der Waals surface area contributed by atoms with Gasteiger partial charge in [-0.2, -0.15) is 28.6 Å². The number of aromatic amines is 1. The summed E-state index contributed by atoms with van der Waals surface area (Å²) in [4.78, 5) is 10.7. The lowest BCUT2D eigenvalue weighted by atomic mass is 10.0. The van der Waals surface area contributed by atoms with Crippen molar-refractivity contribution in [2.24, 2.45) is 7.05 Å². The highest BCUT2D eigenvalue weighted by Gasteiger charge is 2.38. The zero-order valence-electron chi connectivity index (χ0n) is 20.1. The van der Waals surface area contributed by atoms with Gasteiger partial charge in [-0.15, -0.1) is 0 Å². The molecular formula is C24H22F5N7O2. The number of aromatic nitrogens is 6. The number of benzene rings is 1. The molecule has 0 saturated carbocycles. The summed E-state index contributed by atoms with van der Waals surface area (Å²) in [6.07, 6.45) is -2.04. The minimum atomic E-state index is -4.73. The maximum atomic E-state index is 15.3. The molecule has 14 heteroatoms. The third-order valence-electron chi connectivity index (χ3n) is 6.05. The second kappa shape index (κ2) is 10.5. The van der Waals surface area contributed by atoms with Gasteiger partial charge in [0.2, 0.25) is 0 Å². The van der Waals surface area contributed by atoms with Gasteiger partial charge in [-0.25, -0.2) is 13.8 Å². The van der Waals surface area contributed by atoms with Gasteiger partial charge in [0.1, 0.15) is 35.4 Å². The summed E-state index contributed by atoms with van der Waals surface area (Å²) in [7, 11) is 1.61. The summed E-state index contributed by atoms with van der Waals surface area (Å²) in [6.45, 7) is 3.35. The Morgan fingerprint density at radius 1 is 1.05 bits per heavy atom. The molecule has 0 radical (unpaired) electrons. The zero-order valence-corrected chi connectivity index (χ0v) is 20.1. The molecule has 0 amide bonds. The monoisotopic (exact) mass is 535 g/mol. The molecule has 3 aromatic heterocycles. The zero-order chi connectivity index (χ0) is 26.9. The lowest BCUT2D eigenvalue weighted by molar-refractivity contribution is -0.140. The van der Waals surface area contributed by atoms with Crippen LogP contribution in [0.1, 0.15) is 5.69 Å². The van der Waals surface area contributed by atoms with Gasteiger partial charge >= 0.3 is 6.18 Å². The van der Waals surface area contributed by atoms with Crippen LogP contribution in [0.25, 0.3) is 33.9 Å². The molecule has 1 saturated heterocycles. The number of morpholine rings is 1. The lowest BCUT2D eigenvalue weighted by Gasteiger charge is -2.26. The summed E-state index contributed by atoms with van der Waals surface area (Å²) in [6, 6.07) is 4.51. The molecule has 4 heterocycles. The third kappa shape index (κ3) is 5.22. The van der Waals surface area contributed by atoms with Crippen LogP contribution in [-0.4, -0.2) is 74.3 Å². The number of aryl methyl sites for hydroxylation is 1. The Bertz CT molecular complexity index is 1430. The number of alkyl halides is 3. The highest BCUT2D eigenvalue weighted by Crippen LogP contribution is 2.40. The minimum absolute atomic E-state index is 0.0346. The van der Waals surface area contributed by atoms with Crippen molar-refractivity contribution in [3.05, 3.63) is 54.1 Å². The van der Waals surface area contributed by atoms with E-state index in [9.17, 15) is 17.6 Å². The molecule has 1 aliphatic rings. The van der Waals surface area contributed by atoms with Crippen molar-refractivity contribution in [2.75, 3.05) is 39.5 Å². The number of hydrogen-bond donors (Lipinski definition) is 1. The molecule has 1 aliphatic heterocycles. The first kappa shape index (κ1) is 25.7. The molecule has 4 aromatic rings. The van der Waals surface area contributed by atoms with Crippen LogP contribution < -0.4 is 4.74 Å². The van der Waals surface area contributed by atoms with Crippen molar-refractivity contribution in [2.45, 2.75) is 6.18 Å². The average molecular weight is 535 g/mol. The van der Waals surface area contributed by atoms with Crippen molar-refractivity contribution < 1.29 is 31.4 Å². The first-order valence-corrected chi connectivity index (χ1v) is 11.6. The van der Waals surface area contributed by atoms with E-state index in [0.29, 0.717) is 19.8 Å². The number of hydrogen-bond acceptors (Lipinski definition) is 7. The fourth-order valence-corrected chi connectivity index (χ4v) is 4.25. The Kier molecular flexibility index (Phi) is 7.08. The lowest BCUT2D eigenvalue weighted by Crippen LogP contribution is -2.38. The molecule has 9 nitrogen and oxygen atoms in total. The van der Waals surface area contributed by atoms with E-state index in [0.717, 1.165) is 25.2 Å². The maximum absolute atomic E-state index is 15.3. The van der Waals surface area contributed by atoms with Gasteiger partial charge in [-0.1, -0.05) is 0 Å². The minimum Gasteiger partial charge on any atom is -0.491 e. The van der Waals surface area contributed by atoms with Gasteiger partial charge in [0, 0.05) is 50.6 Å². The van der Waals surface area contributed by atoms with Crippen LogP contribution in [-0.2, 0) is 18.0 Å². The number of rotatable bonds is 7. The number of pyridine rings is 1. The van der Waals surface area contributed by atoms with Crippen molar-refractivity contribution in [3.63, 3.8) is 0 Å². The molecule has 200 valence electrons. The van der Waals surface area contributed by atoms with Crippen molar-refractivity contribution in [3.8, 4) is 39.7 Å². The summed E-state index contributed by atoms with van der Waals surface area (Å²) in [5, 5.41) is 8.85. The van der Waals surface area contributed by atoms with Gasteiger partial charge in [0.25, 0.3) is 0 Å². The van der Waals surface area contributed by atoms with E-state index in [1.165, 1.54) is 29.2 Å². The van der Waals surface area contributed by atoms with E-state index in [-0.39, 0.29) is 40.6 Å². The van der Waals surface area contributed by atoms with Crippen molar-refractivity contribution in [1.29, 1.82) is 0 Å². The van der Waals surface area contributed by atoms with Crippen LogP contribution >= 0.6 is 0 Å². The molecule has 0 spiro atoms. The highest BCUT2D eigenvalue weighted by atomic mass is 19.4. The quantitative estimate of drug-likeness (QED) is 0.359. The first-order chi connectivity index (χ1) is 18.2. The molecule has 38 heavy (non-hydrogen) atoms. The Labute approximate surface area is 213 Å². The number of nitrogens with zero attached hydrogens (tertiary/aromatic N) is 6. The van der Waals surface area contributed by atoms with E-state index in [1.54, 1.807) is 7.05 Å². The van der Waals surface area contributed by atoms with Crippen LogP contribution in [0.15, 0.2) is 36.8 Å². The predicted octanol–water partition coefficient (Wildman–Crippen LogP) is 3.94. The van der Waals surface area contributed by atoms with E-state index >= 15 is 4.39 Å². The normalized spacial score (nSPS) is 14.7. The summed E-state index contributed by atoms with van der Waals surface area (Å²) < 4.78 is 82.3. The van der Waals surface area contributed by atoms with E-state index < -0.39 is 29.2 Å². The SMILES string of the molecule is Cn1cnc(-c2cc(-c3n[nH]nc3C(F)(F)F)ccn2)c1-c1c(F)cc(F)cc1OCCN1CCOCC1. The van der Waals surface area contributed by atoms with Crippen LogP contribution in [0, 0.1) is 11.6 Å². The Hall–Kier alpha value is -3.91. The standard InChI is InChI=1S/C24H22F5N7O2/c1-35-13-31-21(17-10-14(2-3-30-17)20-23(24(27,28)29)33-34-32-20)22(35)19-16(26)11-15(25)12-18(19)38-9-6-36-4-7-37-8-5-36/h2-3,10-13H,4-9H2,1H3,(H,32,33,34). The topological polar surface area (TPSA) is 94.0 Å². The second-order valence-electron chi connectivity index (χ2n) is 8.56. The Balaban J connectivity index is 1.51. The maximum Gasteiger partial charge on any atom is 0.437 e. The summed E-state index contributed by atoms with van der Waals surface area (Å²) in [5.74, 6) is -1.74. The number of halogens is 5. The van der Waals surface area contributed by atoms with Gasteiger partial charge in [0.05, 0.1) is 36.5 Å². The number of H-pyrrole nitrogens is 1. The van der Waals surface area contributed by atoms with Crippen molar-refractivity contribution >= 4 is 0 Å². The van der Waals surface area contributed by atoms with Gasteiger partial charge in [0.15, 0.2) is 5.69 Å². The number of imidazole rings is 1. The van der Waals surface area contributed by atoms with Crippen LogP contribution in [0.3, 0.4) is 0 Å². The fourth-order valence-electron chi connectivity index (χ4n) is 4.25. The van der Waals surface area contributed by atoms with Gasteiger partial charge < -0.3 is 14.0 Å². The van der Waals surface area contributed by atoms with E-state index in [2.05, 4.69) is 25.1 Å². The smallest absolute Gasteiger partial charge is 0.437 e. The highest BCUT2D eigenvalue weighted by molar-refractivity contribution is 5.82. The van der Waals surface area contributed by atoms with Crippen LogP contribution in [0.2, 0.25) is 0 Å². The third-order valence-corrected chi connectivity index (χ3v) is 6.05. The Morgan fingerprint density at radius 3 is 2.61 bits per heavy atom. The summed E-state index contributed by atoms with van der Waals surface area (Å²) in [5.41, 5.74) is -1.05. The Morgan fingerprint density at radius 2 is 1.84 bits per heavy atom. The second-order valence-corrected chi connectivity index (χ2v) is 8.56. The molecule has 0 atom stereocenters. The molecular weight excluding hydrogens is 513 g/mol. The average Bonchev–Trinajstić information content (AvgIpc) is 3.52. The molecule has 0 unspecified atom stereocenters. The van der Waals surface area contributed by atoms with Crippen LogP contribution in [0.4, 0.5) is 22.0 Å². The van der Waals surface area contributed by atoms with E-state index in [4.69, 9.17) is 9.47 Å². The van der Waals surface area contributed by atoms with Crippen LogP contribution in [0.5, 0.6) is 5.75 Å². The molecule has 1 fully saturated rings. The largest absolute Gasteiger partial charge is 0.491 e. The number of nitrogens with one attached hydrogen (secondary N) is 1. The molecule has 0 bridgehead atoms. The molecule has 1 aromatic carbocycles. The fraction of sp³-hybridized carbons (Fsp3) is 0.333. The molecule has 1 N–H and O–H groups in total. The first-order valence-electron chi connectivity index (χ1n) is 11.6. The molecule has 0 aliphatic carbocycles. The van der Waals surface area contributed by atoms with Crippen molar-refractivity contribution in [1.82, 2.24) is 34.8 Å². The number of ether oxygens (including phenoxy) is 2. The van der Waals surface area contributed by atoms with Gasteiger partial charge in [-0.3, -0.25) is 9.88 Å².